The number of aliphatic hydroxyl groups is 1. The molecule has 0 radical (unpaired) electrons. The minimum atomic E-state index is -0.986. The van der Waals surface area contributed by atoms with E-state index in [4.69, 9.17) is 9.84 Å². The number of carbonyl (C=O) groups excluding carboxylic acids is 1. The molecule has 0 amide bonds. The highest BCUT2D eigenvalue weighted by Gasteiger charge is 2.25. The first-order chi connectivity index (χ1) is 15.6. The second kappa shape index (κ2) is 20.3. The van der Waals surface area contributed by atoms with Gasteiger partial charge in [0.25, 0.3) is 0 Å². The monoisotopic (exact) mass is 472 g/mol. The Morgan fingerprint density at radius 3 is 1.55 bits per heavy atom. The van der Waals surface area contributed by atoms with Crippen molar-refractivity contribution in [1.29, 1.82) is 0 Å². The zero-order valence-electron chi connectivity index (χ0n) is 22.2. The Hall–Kier alpha value is -1.14. The third-order valence-electron chi connectivity index (χ3n) is 5.99. The number of aliphatic carboxylic acids is 1. The summed E-state index contributed by atoms with van der Waals surface area (Å²) < 4.78 is 5.85. The number of ether oxygens (including phenoxy) is 1. The van der Waals surface area contributed by atoms with Gasteiger partial charge >= 0.3 is 11.9 Å². The van der Waals surface area contributed by atoms with E-state index < -0.39 is 24.1 Å². The van der Waals surface area contributed by atoms with E-state index in [1.165, 1.54) is 83.5 Å². The molecule has 0 saturated heterocycles. The van der Waals surface area contributed by atoms with Gasteiger partial charge in [-0.1, -0.05) is 103 Å². The summed E-state index contributed by atoms with van der Waals surface area (Å²) in [6.45, 7) is 2.69. The molecule has 6 nitrogen and oxygen atoms in total. The number of nitrogens with zero attached hydrogens (tertiary/aromatic N) is 1. The number of aliphatic hydroxyl groups excluding tert-OH is 1. The molecule has 0 saturated carbocycles. The fourth-order valence-electron chi connectivity index (χ4n) is 4.23. The van der Waals surface area contributed by atoms with Crippen LogP contribution < -0.4 is 0 Å². The van der Waals surface area contributed by atoms with Gasteiger partial charge in [-0.3, -0.25) is 9.59 Å². The maximum Gasteiger partial charge on any atom is 0.308 e. The summed E-state index contributed by atoms with van der Waals surface area (Å²) in [5, 5.41) is 19.2. The van der Waals surface area contributed by atoms with Crippen LogP contribution in [0.3, 0.4) is 0 Å². The van der Waals surface area contributed by atoms with E-state index in [0.29, 0.717) is 17.4 Å². The number of quaternary nitrogens is 1. The zero-order chi connectivity index (χ0) is 25.0. The van der Waals surface area contributed by atoms with Crippen LogP contribution in [0.4, 0.5) is 0 Å². The predicted octanol–water partition coefficient (Wildman–Crippen LogP) is 6.09. The van der Waals surface area contributed by atoms with Crippen LogP contribution in [0.25, 0.3) is 0 Å². The van der Waals surface area contributed by atoms with Crippen molar-refractivity contribution in [3.05, 3.63) is 0 Å². The van der Waals surface area contributed by atoms with Gasteiger partial charge in [-0.2, -0.15) is 0 Å². The first-order valence-electron chi connectivity index (χ1n) is 13.5. The molecule has 0 aliphatic carbocycles. The van der Waals surface area contributed by atoms with Crippen molar-refractivity contribution in [3.63, 3.8) is 0 Å². The van der Waals surface area contributed by atoms with Crippen molar-refractivity contribution in [1.82, 2.24) is 0 Å². The zero-order valence-corrected chi connectivity index (χ0v) is 22.2. The summed E-state index contributed by atoms with van der Waals surface area (Å²) in [4.78, 5) is 23.1. The normalized spacial score (nSPS) is 13.6. The second-order valence-electron chi connectivity index (χ2n) is 10.8. The maximum atomic E-state index is 12.1. The van der Waals surface area contributed by atoms with Crippen molar-refractivity contribution < 1.29 is 29.0 Å². The van der Waals surface area contributed by atoms with Crippen LogP contribution in [0.1, 0.15) is 122 Å². The molecule has 0 rings (SSSR count). The summed E-state index contributed by atoms with van der Waals surface area (Å²) in [5.41, 5.74) is 0. The van der Waals surface area contributed by atoms with E-state index in [1.54, 1.807) is 0 Å². The number of likely N-dealkylation sites (N-methyl/N-ethyl adjacent to an activating group) is 1. The quantitative estimate of drug-likeness (QED) is 0.107. The van der Waals surface area contributed by atoms with Gasteiger partial charge < -0.3 is 19.4 Å². The average Bonchev–Trinajstić information content (AvgIpc) is 2.68. The Balaban J connectivity index is 3.66. The van der Waals surface area contributed by atoms with Crippen molar-refractivity contribution in [3.8, 4) is 0 Å². The van der Waals surface area contributed by atoms with Gasteiger partial charge in [0.2, 0.25) is 0 Å². The molecule has 0 aliphatic rings. The van der Waals surface area contributed by atoms with Crippen molar-refractivity contribution in [2.75, 3.05) is 27.7 Å². The molecule has 0 fully saturated rings. The predicted molar refractivity (Wildman–Crippen MR) is 135 cm³/mol. The number of unbranched alkanes of at least 4 members (excludes halogenated alkanes) is 14. The molecular formula is C27H54NO5+. The molecule has 2 unspecified atom stereocenters. The Labute approximate surface area is 203 Å². The van der Waals surface area contributed by atoms with E-state index in [-0.39, 0.29) is 12.8 Å². The molecular weight excluding hydrogens is 418 g/mol. The van der Waals surface area contributed by atoms with E-state index in [0.717, 1.165) is 12.8 Å². The maximum absolute atomic E-state index is 12.1. The molecule has 0 spiro atoms. The van der Waals surface area contributed by atoms with Crippen molar-refractivity contribution >= 4 is 11.9 Å². The third-order valence-corrected chi connectivity index (χ3v) is 5.99. The van der Waals surface area contributed by atoms with E-state index in [2.05, 4.69) is 6.92 Å². The summed E-state index contributed by atoms with van der Waals surface area (Å²) >= 11 is 0. The Bertz CT molecular complexity index is 489. The standard InChI is InChI=1S/C27H53NO5/c1-5-6-7-8-9-10-11-12-13-14-15-16-17-18-19-20-24(29)21-27(32)33-25(22-26(30)31)23-28(2,3)4/h24-25,29H,5-23H2,1-4H3/p+1. The molecule has 2 atom stereocenters. The van der Waals surface area contributed by atoms with Gasteiger partial charge in [0.05, 0.1) is 40.1 Å². The van der Waals surface area contributed by atoms with Crippen LogP contribution in [0.5, 0.6) is 0 Å². The minimum Gasteiger partial charge on any atom is -0.481 e. The van der Waals surface area contributed by atoms with E-state index >= 15 is 0 Å². The number of esters is 1. The van der Waals surface area contributed by atoms with Gasteiger partial charge in [-0.05, 0) is 6.42 Å². The number of carboxylic acid groups (broad SMARTS) is 1. The lowest BCUT2D eigenvalue weighted by Crippen LogP contribution is -2.44. The van der Waals surface area contributed by atoms with Gasteiger partial charge in [0, 0.05) is 0 Å². The largest absolute Gasteiger partial charge is 0.481 e. The second-order valence-corrected chi connectivity index (χ2v) is 10.8. The molecule has 196 valence electrons. The van der Waals surface area contributed by atoms with Crippen molar-refractivity contribution in [2.45, 2.75) is 135 Å². The molecule has 0 aromatic carbocycles. The van der Waals surface area contributed by atoms with E-state index in [1.807, 2.05) is 21.1 Å². The van der Waals surface area contributed by atoms with Gasteiger partial charge in [-0.25, -0.2) is 0 Å². The molecule has 0 aromatic rings. The first-order valence-corrected chi connectivity index (χ1v) is 13.5. The molecule has 6 heteroatoms. The topological polar surface area (TPSA) is 83.8 Å². The number of hydrogen-bond donors (Lipinski definition) is 2. The van der Waals surface area contributed by atoms with Crippen LogP contribution in [-0.4, -0.2) is 66.5 Å². The van der Waals surface area contributed by atoms with Crippen LogP contribution in [0.15, 0.2) is 0 Å². The summed E-state index contributed by atoms with van der Waals surface area (Å²) in [6.07, 6.45) is 18.4. The summed E-state index contributed by atoms with van der Waals surface area (Å²) in [7, 11) is 5.77. The first kappa shape index (κ1) is 31.9. The average molecular weight is 473 g/mol. The smallest absolute Gasteiger partial charge is 0.308 e. The van der Waals surface area contributed by atoms with Gasteiger partial charge in [-0.15, -0.1) is 0 Å². The Morgan fingerprint density at radius 1 is 0.727 bits per heavy atom. The highest BCUT2D eigenvalue weighted by Crippen LogP contribution is 2.15. The van der Waals surface area contributed by atoms with Crippen molar-refractivity contribution in [2.24, 2.45) is 0 Å². The number of hydrogen-bond acceptors (Lipinski definition) is 4. The lowest BCUT2D eigenvalue weighted by atomic mass is 10.0. The highest BCUT2D eigenvalue weighted by molar-refractivity contribution is 5.71. The van der Waals surface area contributed by atoms with Crippen LogP contribution >= 0.6 is 0 Å². The van der Waals surface area contributed by atoms with Gasteiger partial charge in [0.1, 0.15) is 6.54 Å². The lowest BCUT2D eigenvalue weighted by molar-refractivity contribution is -0.873. The molecule has 0 heterocycles. The Morgan fingerprint density at radius 2 is 1.15 bits per heavy atom. The van der Waals surface area contributed by atoms with E-state index in [9.17, 15) is 14.7 Å². The molecule has 0 bridgehead atoms. The fraction of sp³-hybridized carbons (Fsp3) is 0.926. The number of carboxylic acids is 1. The number of rotatable bonds is 23. The van der Waals surface area contributed by atoms with Gasteiger partial charge in [0.15, 0.2) is 6.10 Å². The summed E-state index contributed by atoms with van der Waals surface area (Å²) in [5.74, 6) is -1.50. The fourth-order valence-corrected chi connectivity index (χ4v) is 4.23. The van der Waals surface area contributed by atoms with Crippen LogP contribution in [0, 0.1) is 0 Å². The minimum absolute atomic E-state index is 0.0636. The van der Waals surface area contributed by atoms with Crippen LogP contribution in [0.2, 0.25) is 0 Å². The SMILES string of the molecule is CCCCCCCCCCCCCCCCCC(O)CC(=O)OC(CC(=O)O)C[N+](C)(C)C. The molecule has 33 heavy (non-hydrogen) atoms. The highest BCUT2D eigenvalue weighted by atomic mass is 16.5. The Kier molecular flexibility index (Phi) is 19.6. The summed E-state index contributed by atoms with van der Waals surface area (Å²) in [6, 6.07) is 0. The molecule has 0 aromatic heterocycles. The molecule has 2 N–H and O–H groups in total. The molecule has 0 aliphatic heterocycles. The lowest BCUT2D eigenvalue weighted by Gasteiger charge is -2.28. The third kappa shape index (κ3) is 23.8. The number of carbonyl (C=O) groups is 2. The van der Waals surface area contributed by atoms with Crippen LogP contribution in [-0.2, 0) is 14.3 Å².